The smallest absolute Gasteiger partial charge is 0.0541 e. The third-order valence-corrected chi connectivity index (χ3v) is 6.85. The maximum Gasteiger partial charge on any atom is 0.0541 e. The Kier molecular flexibility index (Phi) is 7.78. The highest BCUT2D eigenvalue weighted by molar-refractivity contribution is 6.09. The summed E-state index contributed by atoms with van der Waals surface area (Å²) in [6.45, 7) is 15.5. The molecule has 7 rings (SSSR count). The Labute approximate surface area is 244 Å². The summed E-state index contributed by atoms with van der Waals surface area (Å²) in [4.78, 5) is 0. The Morgan fingerprint density at radius 2 is 0.659 bits per heavy atom. The molecule has 0 bridgehead atoms. The lowest BCUT2D eigenvalue weighted by atomic mass is 10.0. The first-order chi connectivity index (χ1) is 19.5. The summed E-state index contributed by atoms with van der Waals surface area (Å²) in [5.41, 5.74) is 6.97. The van der Waals surface area contributed by atoms with Crippen LogP contribution in [0.5, 0.6) is 0 Å². The monoisotopic (exact) mass is 538 g/mol. The van der Waals surface area contributed by atoms with Crippen molar-refractivity contribution < 1.29 is 0 Å². The lowest BCUT2D eigenvalue weighted by Gasteiger charge is -2.24. The maximum absolute atomic E-state index is 2.43. The Balaban J connectivity index is 0.000000143. The van der Waals surface area contributed by atoms with Crippen LogP contribution in [0.3, 0.4) is 0 Å². The van der Waals surface area contributed by atoms with Crippen LogP contribution in [-0.4, -0.2) is 9.13 Å². The van der Waals surface area contributed by atoms with Gasteiger partial charge in [-0.2, -0.15) is 0 Å². The summed E-state index contributed by atoms with van der Waals surface area (Å²) < 4.78 is 4.75. The van der Waals surface area contributed by atoms with Crippen molar-refractivity contribution >= 4 is 43.6 Å². The Bertz CT molecular complexity index is 1790. The van der Waals surface area contributed by atoms with Gasteiger partial charge in [-0.15, -0.1) is 0 Å². The maximum atomic E-state index is 2.43. The van der Waals surface area contributed by atoms with E-state index in [9.17, 15) is 0 Å². The summed E-state index contributed by atoms with van der Waals surface area (Å²) >= 11 is 0. The fourth-order valence-electron chi connectivity index (χ4n) is 5.42. The molecular formula is C39H42N2. The molecule has 0 aliphatic rings. The number of fused-ring (bicyclic) bond motifs is 6. The van der Waals surface area contributed by atoms with E-state index in [0.29, 0.717) is 5.41 Å². The molecule has 0 saturated carbocycles. The first-order valence-electron chi connectivity index (χ1n) is 14.6. The Hall–Kier alpha value is -4.30. The third-order valence-electron chi connectivity index (χ3n) is 6.85. The van der Waals surface area contributed by atoms with E-state index in [2.05, 4.69) is 185 Å². The summed E-state index contributed by atoms with van der Waals surface area (Å²) in [7, 11) is 0. The molecule has 0 amide bonds. The molecule has 0 spiro atoms. The summed E-state index contributed by atoms with van der Waals surface area (Å²) in [6.07, 6.45) is 0. The normalized spacial score (nSPS) is 11.8. The molecule has 41 heavy (non-hydrogen) atoms. The standard InChI is InChI=1S/C18H13N.C16H17N.C5H12/c1-2-8-14(9-3-1)19-17-12-6-4-10-15(17)16-11-5-7-13-18(16)19;1-16(2,3)17-14-10-6-4-8-12(14)13-9-5-7-11-15(13)17;1-5(2,3)4/h1-13H;4-11H,1-3H3;1-4H3. The molecule has 2 heteroatoms. The van der Waals surface area contributed by atoms with E-state index in [4.69, 9.17) is 0 Å². The molecule has 2 aromatic heterocycles. The van der Waals surface area contributed by atoms with Crippen molar-refractivity contribution in [2.75, 3.05) is 0 Å². The minimum Gasteiger partial charge on any atom is -0.335 e. The Morgan fingerprint density at radius 3 is 1.02 bits per heavy atom. The van der Waals surface area contributed by atoms with Crippen LogP contribution in [0.1, 0.15) is 48.5 Å². The second-order valence-corrected chi connectivity index (χ2v) is 13.2. The van der Waals surface area contributed by atoms with Gasteiger partial charge >= 0.3 is 0 Å². The number of benzene rings is 5. The molecule has 2 heterocycles. The zero-order chi connectivity index (χ0) is 29.2. The second-order valence-electron chi connectivity index (χ2n) is 13.2. The van der Waals surface area contributed by atoms with E-state index in [1.807, 2.05) is 0 Å². The highest BCUT2D eigenvalue weighted by atomic mass is 15.0. The number of para-hydroxylation sites is 5. The van der Waals surface area contributed by atoms with Crippen LogP contribution in [0.25, 0.3) is 49.3 Å². The minimum absolute atomic E-state index is 0.0999. The topological polar surface area (TPSA) is 9.86 Å². The van der Waals surface area contributed by atoms with E-state index >= 15 is 0 Å². The molecule has 0 aliphatic carbocycles. The van der Waals surface area contributed by atoms with Crippen LogP contribution in [-0.2, 0) is 5.54 Å². The SMILES string of the molecule is CC(C)(C)C.CC(C)(C)n1c2ccccc2c2ccccc21.c1ccc(-n2c3ccccc3c3ccccc32)cc1. The van der Waals surface area contributed by atoms with Crippen molar-refractivity contribution in [3.8, 4) is 5.69 Å². The first kappa shape index (κ1) is 28.2. The molecule has 0 fully saturated rings. The number of hydrogen-bond acceptors (Lipinski definition) is 0. The van der Waals surface area contributed by atoms with E-state index < -0.39 is 0 Å². The van der Waals surface area contributed by atoms with Crippen LogP contribution >= 0.6 is 0 Å². The van der Waals surface area contributed by atoms with Crippen LogP contribution in [0.4, 0.5) is 0 Å². The molecular weight excluding hydrogens is 496 g/mol. The molecule has 0 N–H and O–H groups in total. The molecule has 5 aromatic carbocycles. The van der Waals surface area contributed by atoms with Crippen molar-refractivity contribution in [3.63, 3.8) is 0 Å². The van der Waals surface area contributed by atoms with Gasteiger partial charge in [-0.25, -0.2) is 0 Å². The van der Waals surface area contributed by atoms with Crippen LogP contribution in [0.15, 0.2) is 127 Å². The van der Waals surface area contributed by atoms with Gasteiger partial charge in [0.2, 0.25) is 0 Å². The lowest BCUT2D eigenvalue weighted by molar-refractivity contribution is 0.423. The van der Waals surface area contributed by atoms with Gasteiger partial charge in [0, 0.05) is 43.8 Å². The molecule has 0 aliphatic heterocycles. The molecule has 7 aromatic rings. The summed E-state index contributed by atoms with van der Waals surface area (Å²) in [6, 6.07) is 45.0. The highest BCUT2D eigenvalue weighted by Gasteiger charge is 2.19. The fourth-order valence-corrected chi connectivity index (χ4v) is 5.42. The minimum atomic E-state index is 0.0999. The molecule has 2 nitrogen and oxygen atoms in total. The van der Waals surface area contributed by atoms with Gasteiger partial charge in [0.05, 0.1) is 11.0 Å². The Morgan fingerprint density at radius 1 is 0.366 bits per heavy atom. The average molecular weight is 539 g/mol. The zero-order valence-corrected chi connectivity index (χ0v) is 25.5. The van der Waals surface area contributed by atoms with Gasteiger partial charge in [0.15, 0.2) is 0 Å². The fraction of sp³-hybridized carbons (Fsp3) is 0.231. The molecule has 0 atom stereocenters. The van der Waals surface area contributed by atoms with Crippen LogP contribution in [0.2, 0.25) is 0 Å². The van der Waals surface area contributed by atoms with Gasteiger partial charge in [-0.3, -0.25) is 0 Å². The summed E-state index contributed by atoms with van der Waals surface area (Å²) in [5.74, 6) is 0. The zero-order valence-electron chi connectivity index (χ0n) is 25.5. The van der Waals surface area contributed by atoms with Gasteiger partial charge in [0.25, 0.3) is 0 Å². The molecule has 0 unspecified atom stereocenters. The van der Waals surface area contributed by atoms with Gasteiger partial charge < -0.3 is 9.13 Å². The van der Waals surface area contributed by atoms with E-state index in [-0.39, 0.29) is 5.54 Å². The van der Waals surface area contributed by atoms with E-state index in [0.717, 1.165) is 0 Å². The van der Waals surface area contributed by atoms with Gasteiger partial charge in [-0.05, 0) is 62.6 Å². The van der Waals surface area contributed by atoms with Crippen LogP contribution < -0.4 is 0 Å². The number of aromatic nitrogens is 2. The van der Waals surface area contributed by atoms with E-state index in [1.165, 1.54) is 49.3 Å². The quantitative estimate of drug-likeness (QED) is 0.197. The number of rotatable bonds is 1. The van der Waals surface area contributed by atoms with E-state index in [1.54, 1.807) is 0 Å². The van der Waals surface area contributed by atoms with Crippen molar-refractivity contribution in [2.45, 2.75) is 54.0 Å². The van der Waals surface area contributed by atoms with Crippen molar-refractivity contribution in [1.82, 2.24) is 9.13 Å². The summed E-state index contributed by atoms with van der Waals surface area (Å²) in [5, 5.41) is 5.31. The molecule has 0 radical (unpaired) electrons. The van der Waals surface area contributed by atoms with Gasteiger partial charge in [0.1, 0.15) is 0 Å². The van der Waals surface area contributed by atoms with Crippen molar-refractivity contribution in [3.05, 3.63) is 127 Å². The lowest BCUT2D eigenvalue weighted by Crippen LogP contribution is -2.21. The number of nitrogens with zero attached hydrogens (tertiary/aromatic N) is 2. The second kappa shape index (κ2) is 11.3. The third kappa shape index (κ3) is 6.07. The molecule has 0 saturated heterocycles. The highest BCUT2D eigenvalue weighted by Crippen LogP contribution is 2.34. The number of hydrogen-bond donors (Lipinski definition) is 0. The predicted molar refractivity (Wildman–Crippen MR) is 180 cm³/mol. The van der Waals surface area contributed by atoms with Crippen molar-refractivity contribution in [2.24, 2.45) is 5.41 Å². The predicted octanol–water partition coefficient (Wildman–Crippen LogP) is 11.4. The first-order valence-corrected chi connectivity index (χ1v) is 14.6. The molecule has 208 valence electrons. The van der Waals surface area contributed by atoms with Gasteiger partial charge in [-0.1, -0.05) is 119 Å². The van der Waals surface area contributed by atoms with Crippen LogP contribution in [0, 0.1) is 5.41 Å². The van der Waals surface area contributed by atoms with Crippen molar-refractivity contribution in [1.29, 1.82) is 0 Å². The average Bonchev–Trinajstić information content (AvgIpc) is 3.46. The largest absolute Gasteiger partial charge is 0.335 e.